The second kappa shape index (κ2) is 8.88. The summed E-state index contributed by atoms with van der Waals surface area (Å²) < 4.78 is 37.2. The third-order valence-corrected chi connectivity index (χ3v) is 5.33. The molecule has 0 saturated carbocycles. The Morgan fingerprint density at radius 2 is 1.85 bits per heavy atom. The van der Waals surface area contributed by atoms with E-state index in [-0.39, 0.29) is 17.2 Å². The molecule has 0 fully saturated rings. The van der Waals surface area contributed by atoms with E-state index in [1.807, 2.05) is 0 Å². The zero-order chi connectivity index (χ0) is 19.2. The first-order chi connectivity index (χ1) is 12.4. The van der Waals surface area contributed by atoms with Crippen LogP contribution in [0.4, 0.5) is 0 Å². The third-order valence-electron chi connectivity index (χ3n) is 3.52. The van der Waals surface area contributed by atoms with Crippen LogP contribution in [0.5, 0.6) is 11.5 Å². The van der Waals surface area contributed by atoms with E-state index in [2.05, 4.69) is 10.0 Å². The quantitative estimate of drug-likeness (QED) is 0.708. The molecule has 2 aromatic carbocycles. The molecule has 0 aromatic heterocycles. The summed E-state index contributed by atoms with van der Waals surface area (Å²) in [7, 11) is -1.12. The molecule has 140 valence electrons. The maximum absolute atomic E-state index is 12.4. The van der Waals surface area contributed by atoms with E-state index in [0.717, 1.165) is 5.56 Å². The van der Waals surface area contributed by atoms with Crippen LogP contribution in [0.25, 0.3) is 0 Å². The van der Waals surface area contributed by atoms with E-state index in [1.165, 1.54) is 32.4 Å². The van der Waals surface area contributed by atoms with Crippen molar-refractivity contribution >= 4 is 27.5 Å². The fourth-order valence-corrected chi connectivity index (χ4v) is 3.47. The van der Waals surface area contributed by atoms with E-state index in [1.54, 1.807) is 24.3 Å². The number of benzene rings is 2. The molecule has 0 heterocycles. The Labute approximate surface area is 157 Å². The van der Waals surface area contributed by atoms with Crippen molar-refractivity contribution in [3.63, 3.8) is 0 Å². The molecule has 2 rings (SSSR count). The summed E-state index contributed by atoms with van der Waals surface area (Å²) in [6.45, 7) is -0.214. The Balaban J connectivity index is 1.99. The van der Waals surface area contributed by atoms with Crippen molar-refractivity contribution in [1.82, 2.24) is 10.0 Å². The minimum Gasteiger partial charge on any atom is -0.497 e. The first kappa shape index (κ1) is 20.0. The van der Waals surface area contributed by atoms with Crippen molar-refractivity contribution in [3.8, 4) is 11.5 Å². The zero-order valence-electron chi connectivity index (χ0n) is 14.3. The molecule has 0 unspecified atom stereocenters. The van der Waals surface area contributed by atoms with Crippen molar-refractivity contribution in [2.45, 2.75) is 11.4 Å². The van der Waals surface area contributed by atoms with Crippen LogP contribution < -0.4 is 19.5 Å². The van der Waals surface area contributed by atoms with E-state index >= 15 is 0 Å². The molecule has 7 nitrogen and oxygen atoms in total. The first-order valence-electron chi connectivity index (χ1n) is 7.59. The van der Waals surface area contributed by atoms with Crippen molar-refractivity contribution in [2.75, 3.05) is 20.8 Å². The predicted octanol–water partition coefficient (Wildman–Crippen LogP) is 1.95. The molecule has 0 spiro atoms. The fraction of sp³-hybridized carbons (Fsp3) is 0.235. The summed E-state index contributed by atoms with van der Waals surface area (Å²) in [5.74, 6) is 0.0904. The number of carbonyl (C=O) groups is 1. The van der Waals surface area contributed by atoms with Crippen molar-refractivity contribution in [1.29, 1.82) is 0 Å². The van der Waals surface area contributed by atoms with Gasteiger partial charge >= 0.3 is 0 Å². The van der Waals surface area contributed by atoms with Gasteiger partial charge in [-0.05, 0) is 23.8 Å². The molecule has 0 bridgehead atoms. The highest BCUT2D eigenvalue weighted by molar-refractivity contribution is 7.89. The van der Waals surface area contributed by atoms with Crippen LogP contribution in [-0.2, 0) is 21.4 Å². The van der Waals surface area contributed by atoms with Gasteiger partial charge in [0.05, 0.1) is 20.8 Å². The lowest BCUT2D eigenvalue weighted by Gasteiger charge is -2.12. The van der Waals surface area contributed by atoms with Gasteiger partial charge in [0.2, 0.25) is 15.9 Å². The number of hydrogen-bond donors (Lipinski definition) is 2. The largest absolute Gasteiger partial charge is 0.497 e. The van der Waals surface area contributed by atoms with Crippen molar-refractivity contribution in [3.05, 3.63) is 53.1 Å². The van der Waals surface area contributed by atoms with Gasteiger partial charge in [0.1, 0.15) is 16.4 Å². The summed E-state index contributed by atoms with van der Waals surface area (Å²) in [4.78, 5) is 11.8. The monoisotopic (exact) mass is 398 g/mol. The number of amides is 1. The van der Waals surface area contributed by atoms with Crippen LogP contribution in [-0.4, -0.2) is 35.1 Å². The molecule has 9 heteroatoms. The standard InChI is InChI=1S/C17H19ClN2O5S/c1-24-13-7-8-16(15(9-13)25-2)26(22,23)20-11-17(21)19-10-12-5-3-4-6-14(12)18/h3-9,20H,10-11H2,1-2H3,(H,19,21). The van der Waals surface area contributed by atoms with Crippen LogP contribution >= 0.6 is 11.6 Å². The third kappa shape index (κ3) is 5.10. The summed E-state index contributed by atoms with van der Waals surface area (Å²) in [6.07, 6.45) is 0. The van der Waals surface area contributed by atoms with E-state index in [4.69, 9.17) is 21.1 Å². The molecule has 2 aromatic rings. The summed E-state index contributed by atoms with van der Waals surface area (Å²) >= 11 is 6.01. The van der Waals surface area contributed by atoms with E-state index in [9.17, 15) is 13.2 Å². The smallest absolute Gasteiger partial charge is 0.244 e. The Hall–Kier alpha value is -2.29. The van der Waals surface area contributed by atoms with Gasteiger partial charge in [-0.3, -0.25) is 4.79 Å². The Morgan fingerprint density at radius 1 is 1.12 bits per heavy atom. The van der Waals surface area contributed by atoms with Gasteiger partial charge in [-0.25, -0.2) is 13.1 Å². The normalized spacial score (nSPS) is 11.0. The van der Waals surface area contributed by atoms with Crippen LogP contribution in [0, 0.1) is 0 Å². The lowest BCUT2D eigenvalue weighted by Crippen LogP contribution is -2.36. The molecule has 0 aliphatic carbocycles. The summed E-state index contributed by atoms with van der Waals surface area (Å²) in [5.41, 5.74) is 0.738. The Kier molecular flexibility index (Phi) is 6.84. The Bertz CT molecular complexity index is 886. The highest BCUT2D eigenvalue weighted by Gasteiger charge is 2.21. The number of methoxy groups -OCH3 is 2. The van der Waals surface area contributed by atoms with Gasteiger partial charge in [-0.2, -0.15) is 0 Å². The van der Waals surface area contributed by atoms with Gasteiger partial charge in [0.25, 0.3) is 0 Å². The number of carbonyl (C=O) groups excluding carboxylic acids is 1. The maximum atomic E-state index is 12.4. The van der Waals surface area contributed by atoms with Crippen LogP contribution in [0.15, 0.2) is 47.4 Å². The maximum Gasteiger partial charge on any atom is 0.244 e. The molecular formula is C17H19ClN2O5S. The SMILES string of the molecule is COc1ccc(S(=O)(=O)NCC(=O)NCc2ccccc2Cl)c(OC)c1. The molecule has 0 aliphatic rings. The first-order valence-corrected chi connectivity index (χ1v) is 9.45. The van der Waals surface area contributed by atoms with Crippen LogP contribution in [0.3, 0.4) is 0 Å². The summed E-state index contributed by atoms with van der Waals surface area (Å²) in [5, 5.41) is 3.13. The van der Waals surface area contributed by atoms with E-state index < -0.39 is 22.5 Å². The molecule has 1 amide bonds. The average Bonchev–Trinajstić information content (AvgIpc) is 2.65. The molecule has 0 atom stereocenters. The van der Waals surface area contributed by atoms with Gasteiger partial charge < -0.3 is 14.8 Å². The number of rotatable bonds is 8. The van der Waals surface area contributed by atoms with Crippen molar-refractivity contribution < 1.29 is 22.7 Å². The second-order valence-electron chi connectivity index (χ2n) is 5.21. The number of ether oxygens (including phenoxy) is 2. The lowest BCUT2D eigenvalue weighted by molar-refractivity contribution is -0.120. The second-order valence-corrected chi connectivity index (χ2v) is 7.35. The zero-order valence-corrected chi connectivity index (χ0v) is 15.9. The van der Waals surface area contributed by atoms with Gasteiger partial charge in [-0.1, -0.05) is 29.8 Å². The fourth-order valence-electron chi connectivity index (χ4n) is 2.13. The van der Waals surface area contributed by atoms with Gasteiger partial charge in [-0.15, -0.1) is 0 Å². The lowest BCUT2D eigenvalue weighted by atomic mass is 10.2. The average molecular weight is 399 g/mol. The predicted molar refractivity (Wildman–Crippen MR) is 98.0 cm³/mol. The Morgan fingerprint density at radius 3 is 2.50 bits per heavy atom. The van der Waals surface area contributed by atoms with Gasteiger partial charge in [0.15, 0.2) is 0 Å². The van der Waals surface area contributed by atoms with Crippen molar-refractivity contribution in [2.24, 2.45) is 0 Å². The molecular weight excluding hydrogens is 380 g/mol. The molecule has 2 N–H and O–H groups in total. The molecule has 0 saturated heterocycles. The summed E-state index contributed by atoms with van der Waals surface area (Å²) in [6, 6.07) is 11.4. The number of hydrogen-bond acceptors (Lipinski definition) is 5. The number of nitrogens with one attached hydrogen (secondary N) is 2. The highest BCUT2D eigenvalue weighted by atomic mass is 35.5. The topological polar surface area (TPSA) is 93.7 Å². The minimum absolute atomic E-state index is 0.0836. The number of halogens is 1. The van der Waals surface area contributed by atoms with E-state index in [0.29, 0.717) is 10.8 Å². The van der Waals surface area contributed by atoms with Crippen LogP contribution in [0.2, 0.25) is 5.02 Å². The molecule has 0 aliphatic heterocycles. The van der Waals surface area contributed by atoms with Crippen LogP contribution in [0.1, 0.15) is 5.56 Å². The van der Waals surface area contributed by atoms with Gasteiger partial charge in [0, 0.05) is 17.6 Å². The molecule has 0 radical (unpaired) electrons. The molecule has 26 heavy (non-hydrogen) atoms. The highest BCUT2D eigenvalue weighted by Crippen LogP contribution is 2.28. The minimum atomic E-state index is -3.93. The number of sulfonamides is 1.